The molecule has 2 aliphatic carbocycles. The van der Waals surface area contributed by atoms with Crippen LogP contribution in [0.1, 0.15) is 109 Å². The fourth-order valence-electron chi connectivity index (χ4n) is 6.29. The van der Waals surface area contributed by atoms with Crippen LogP contribution in [-0.4, -0.2) is 55.7 Å². The molecule has 3 atom stereocenters. The van der Waals surface area contributed by atoms with Crippen LogP contribution in [0.2, 0.25) is 0 Å². The molecule has 214 valence electrons. The van der Waals surface area contributed by atoms with E-state index in [1.807, 2.05) is 39.0 Å². The van der Waals surface area contributed by atoms with Gasteiger partial charge in [0.05, 0.1) is 6.04 Å². The number of nitrogens with zero attached hydrogens (tertiary/aromatic N) is 4. The number of aromatic nitrogens is 4. The number of tetrazole rings is 1. The van der Waals surface area contributed by atoms with Gasteiger partial charge in [0.1, 0.15) is 5.60 Å². The molecular formula is C30H46N6O3. The first-order chi connectivity index (χ1) is 18.8. The van der Waals surface area contributed by atoms with Crippen molar-refractivity contribution in [3.63, 3.8) is 0 Å². The molecule has 2 aliphatic rings. The number of carbonyl (C=O) groups is 2. The molecule has 1 aromatic heterocycles. The predicted molar refractivity (Wildman–Crippen MR) is 150 cm³/mol. The summed E-state index contributed by atoms with van der Waals surface area (Å²) in [6.45, 7) is 6.19. The van der Waals surface area contributed by atoms with Gasteiger partial charge in [-0.15, -0.1) is 10.2 Å². The molecule has 2 fully saturated rings. The number of alkyl carbamates (subject to hydrolysis) is 1. The monoisotopic (exact) mass is 538 g/mol. The van der Waals surface area contributed by atoms with Gasteiger partial charge in [0.15, 0.2) is 5.82 Å². The third-order valence-electron chi connectivity index (χ3n) is 8.08. The maximum atomic E-state index is 14.4. The summed E-state index contributed by atoms with van der Waals surface area (Å²) in [5.74, 6) is 1.34. The molecule has 1 heterocycles. The molecule has 1 aromatic carbocycles. The maximum Gasteiger partial charge on any atom is 0.407 e. The van der Waals surface area contributed by atoms with Crippen molar-refractivity contribution in [2.45, 2.75) is 116 Å². The van der Waals surface area contributed by atoms with Crippen molar-refractivity contribution in [3.8, 4) is 0 Å². The number of benzene rings is 1. The molecule has 4 rings (SSSR count). The second-order valence-corrected chi connectivity index (χ2v) is 12.3. The summed E-state index contributed by atoms with van der Waals surface area (Å²) >= 11 is 0. The number of ether oxygens (including phenoxy) is 1. The van der Waals surface area contributed by atoms with Crippen molar-refractivity contribution in [3.05, 3.63) is 41.7 Å². The van der Waals surface area contributed by atoms with E-state index in [4.69, 9.17) is 4.74 Å². The highest BCUT2D eigenvalue weighted by Crippen LogP contribution is 2.38. The van der Waals surface area contributed by atoms with Gasteiger partial charge in [-0.2, -0.15) is 5.21 Å². The number of hydrogen-bond acceptors (Lipinski definition) is 6. The van der Waals surface area contributed by atoms with E-state index in [1.54, 1.807) is 0 Å². The SMILES string of the molecule is CC(C)(C)OC(=O)NCCCC1CCCC(C(=O)N(C2CCCCC2)C(Cc2ccccc2)c2nn[nH]n2)C1. The lowest BCUT2D eigenvalue weighted by Crippen LogP contribution is -2.48. The third kappa shape index (κ3) is 8.77. The molecular weight excluding hydrogens is 492 g/mol. The van der Waals surface area contributed by atoms with E-state index in [0.29, 0.717) is 24.7 Å². The standard InChI is InChI=1S/C30H46N6O3/c1-30(2,3)39-29(38)31-19-11-15-22-14-10-16-24(20-22)28(37)36(25-17-8-5-9-18-25)26(27-32-34-35-33-27)21-23-12-6-4-7-13-23/h4,6-7,12-13,22,24-26H,5,8-11,14-21H2,1-3H3,(H,31,38)(H,32,33,34,35). The third-order valence-corrected chi connectivity index (χ3v) is 8.08. The smallest absolute Gasteiger partial charge is 0.407 e. The average molecular weight is 539 g/mol. The summed E-state index contributed by atoms with van der Waals surface area (Å²) in [5.41, 5.74) is 0.672. The van der Waals surface area contributed by atoms with E-state index in [0.717, 1.165) is 64.2 Å². The lowest BCUT2D eigenvalue weighted by atomic mass is 9.78. The number of H-pyrrole nitrogens is 1. The quantitative estimate of drug-likeness (QED) is 0.372. The Morgan fingerprint density at radius 1 is 1.08 bits per heavy atom. The summed E-state index contributed by atoms with van der Waals surface area (Å²) in [6.07, 6.45) is 11.8. The van der Waals surface area contributed by atoms with E-state index < -0.39 is 5.60 Å². The molecule has 2 saturated carbocycles. The molecule has 9 nitrogen and oxygen atoms in total. The Bertz CT molecular complexity index is 1020. The molecule has 2 aromatic rings. The minimum absolute atomic E-state index is 0.00895. The molecule has 39 heavy (non-hydrogen) atoms. The van der Waals surface area contributed by atoms with Crippen molar-refractivity contribution in [1.82, 2.24) is 30.8 Å². The van der Waals surface area contributed by atoms with Crippen molar-refractivity contribution in [2.75, 3.05) is 6.54 Å². The molecule has 0 bridgehead atoms. The molecule has 2 N–H and O–H groups in total. The minimum Gasteiger partial charge on any atom is -0.444 e. The summed E-state index contributed by atoms with van der Waals surface area (Å²) in [6, 6.07) is 10.3. The second-order valence-electron chi connectivity index (χ2n) is 12.3. The van der Waals surface area contributed by atoms with Crippen LogP contribution in [0.4, 0.5) is 4.79 Å². The normalized spacial score (nSPS) is 21.2. The van der Waals surface area contributed by atoms with Crippen molar-refractivity contribution in [1.29, 1.82) is 0 Å². The lowest BCUT2D eigenvalue weighted by molar-refractivity contribution is -0.143. The van der Waals surface area contributed by atoms with Gasteiger partial charge in [-0.1, -0.05) is 67.6 Å². The average Bonchev–Trinajstić information content (AvgIpc) is 3.46. The summed E-state index contributed by atoms with van der Waals surface area (Å²) in [4.78, 5) is 28.5. The van der Waals surface area contributed by atoms with Gasteiger partial charge in [0.25, 0.3) is 0 Å². The van der Waals surface area contributed by atoms with Gasteiger partial charge in [-0.25, -0.2) is 4.79 Å². The Hall–Kier alpha value is -2.97. The van der Waals surface area contributed by atoms with Gasteiger partial charge in [0, 0.05) is 24.9 Å². The summed E-state index contributed by atoms with van der Waals surface area (Å²) in [7, 11) is 0. The van der Waals surface area contributed by atoms with Gasteiger partial charge >= 0.3 is 6.09 Å². The maximum absolute atomic E-state index is 14.4. The van der Waals surface area contributed by atoms with Gasteiger partial charge in [-0.3, -0.25) is 4.79 Å². The Kier molecular flexibility index (Phi) is 10.3. The number of rotatable bonds is 10. The number of hydrogen-bond donors (Lipinski definition) is 2. The number of nitrogens with one attached hydrogen (secondary N) is 2. The number of amides is 2. The zero-order chi connectivity index (χ0) is 27.7. The van der Waals surface area contributed by atoms with E-state index in [9.17, 15) is 9.59 Å². The van der Waals surface area contributed by atoms with Crippen LogP contribution < -0.4 is 5.32 Å². The van der Waals surface area contributed by atoms with E-state index in [1.165, 1.54) is 12.0 Å². The topological polar surface area (TPSA) is 113 Å². The molecule has 9 heteroatoms. The Morgan fingerprint density at radius 2 is 1.85 bits per heavy atom. The first kappa shape index (κ1) is 29.0. The molecule has 0 saturated heterocycles. The first-order valence-electron chi connectivity index (χ1n) is 14.9. The van der Waals surface area contributed by atoms with Crippen LogP contribution in [0, 0.1) is 11.8 Å². The number of aromatic amines is 1. The van der Waals surface area contributed by atoms with Crippen LogP contribution in [0.25, 0.3) is 0 Å². The van der Waals surface area contributed by atoms with Crippen LogP contribution in [0.5, 0.6) is 0 Å². The highest BCUT2D eigenvalue weighted by atomic mass is 16.6. The van der Waals surface area contributed by atoms with Crippen LogP contribution in [0.15, 0.2) is 30.3 Å². The fraction of sp³-hybridized carbons (Fsp3) is 0.700. The Labute approximate surface area is 232 Å². The van der Waals surface area contributed by atoms with Crippen LogP contribution in [0.3, 0.4) is 0 Å². The molecule has 0 aliphatic heterocycles. The van der Waals surface area contributed by atoms with E-state index >= 15 is 0 Å². The predicted octanol–water partition coefficient (Wildman–Crippen LogP) is 5.76. The van der Waals surface area contributed by atoms with Gasteiger partial charge in [-0.05, 0) is 70.8 Å². The summed E-state index contributed by atoms with van der Waals surface area (Å²) in [5, 5.41) is 18.1. The van der Waals surface area contributed by atoms with Crippen molar-refractivity contribution in [2.24, 2.45) is 11.8 Å². The second kappa shape index (κ2) is 13.9. The highest BCUT2D eigenvalue weighted by molar-refractivity contribution is 5.80. The zero-order valence-electron chi connectivity index (χ0n) is 23.9. The van der Waals surface area contributed by atoms with Crippen LogP contribution >= 0.6 is 0 Å². The molecule has 2 amide bonds. The van der Waals surface area contributed by atoms with Crippen molar-refractivity contribution >= 4 is 12.0 Å². The van der Waals surface area contributed by atoms with Gasteiger partial charge in [0.2, 0.25) is 5.91 Å². The largest absolute Gasteiger partial charge is 0.444 e. The Morgan fingerprint density at radius 3 is 2.54 bits per heavy atom. The van der Waals surface area contributed by atoms with Crippen LogP contribution in [-0.2, 0) is 16.0 Å². The van der Waals surface area contributed by atoms with Crippen molar-refractivity contribution < 1.29 is 14.3 Å². The van der Waals surface area contributed by atoms with E-state index in [-0.39, 0.29) is 30.0 Å². The Balaban J connectivity index is 1.43. The first-order valence-corrected chi connectivity index (χ1v) is 14.9. The van der Waals surface area contributed by atoms with E-state index in [2.05, 4.69) is 43.0 Å². The lowest BCUT2D eigenvalue weighted by Gasteiger charge is -2.42. The molecule has 0 radical (unpaired) electrons. The zero-order valence-corrected chi connectivity index (χ0v) is 23.9. The molecule has 0 spiro atoms. The molecule has 3 unspecified atom stereocenters. The highest BCUT2D eigenvalue weighted by Gasteiger charge is 2.39. The number of carbonyl (C=O) groups excluding carboxylic acids is 2. The van der Waals surface area contributed by atoms with Gasteiger partial charge < -0.3 is 15.0 Å². The fourth-order valence-corrected chi connectivity index (χ4v) is 6.29. The minimum atomic E-state index is -0.495. The summed E-state index contributed by atoms with van der Waals surface area (Å²) < 4.78 is 5.34.